The van der Waals surface area contributed by atoms with Gasteiger partial charge in [0.05, 0.1) is 62.9 Å². The van der Waals surface area contributed by atoms with Crippen LogP contribution in [0.4, 0.5) is 45.5 Å². The minimum atomic E-state index is -1.07. The summed E-state index contributed by atoms with van der Waals surface area (Å²) in [6.07, 6.45) is 14.2. The molecule has 24 heteroatoms. The first-order chi connectivity index (χ1) is 48.5. The number of aromatic hydroxyl groups is 8. The molecule has 0 aromatic heterocycles. The van der Waals surface area contributed by atoms with E-state index in [0.29, 0.717) is 37.7 Å². The van der Waals surface area contributed by atoms with Gasteiger partial charge in [-0.2, -0.15) is 20.5 Å². The van der Waals surface area contributed by atoms with Crippen molar-refractivity contribution in [3.8, 4) is 46.0 Å². The molecule has 0 radical (unpaired) electrons. The lowest BCUT2D eigenvalue weighted by Gasteiger charge is -2.28. The van der Waals surface area contributed by atoms with Gasteiger partial charge in [-0.3, -0.25) is 0 Å². The number of halogens is 8. The van der Waals surface area contributed by atoms with Crippen LogP contribution >= 0.6 is 92.8 Å². The van der Waals surface area contributed by atoms with Gasteiger partial charge >= 0.3 is 0 Å². The lowest BCUT2D eigenvalue weighted by Crippen LogP contribution is -2.10. The smallest absolute Gasteiger partial charge is 0.169 e. The van der Waals surface area contributed by atoms with Gasteiger partial charge in [-0.15, -0.1) is 20.5 Å². The van der Waals surface area contributed by atoms with Crippen LogP contribution in [0.5, 0.6) is 46.0 Å². The fraction of sp³-hybridized carbons (Fsp3) is 0.377. The minimum Gasteiger partial charge on any atom is -0.505 e. The van der Waals surface area contributed by atoms with E-state index in [1.807, 2.05) is 6.92 Å². The second-order valence-corrected chi connectivity index (χ2v) is 28.6. The number of unbranched alkanes of at least 4 members (excludes halogenated alkanes) is 12. The molecule has 4 unspecified atom stereocenters. The summed E-state index contributed by atoms with van der Waals surface area (Å²) in [4.78, 5) is 0. The molecule has 0 spiro atoms. The van der Waals surface area contributed by atoms with Crippen LogP contribution < -0.4 is 0 Å². The molecule has 4 atom stereocenters. The predicted octanol–water partition coefficient (Wildman–Crippen LogP) is 29.6. The van der Waals surface area contributed by atoms with E-state index in [1.54, 1.807) is 48.5 Å². The van der Waals surface area contributed by atoms with Crippen LogP contribution in [0.3, 0.4) is 0 Å². The van der Waals surface area contributed by atoms with Crippen molar-refractivity contribution in [2.24, 2.45) is 40.9 Å². The highest BCUT2D eigenvalue weighted by atomic mass is 35.5. The standard InChI is InChI=1S/C77H84Cl8N8O8/c1-6-10-14-18-22-43(5)52-40-53(73(97)68(72(52)96)91-87-45-27-32-59(79)63(83)37-45)49(24-20-16-12-8-3)56-42-57(77(101)70(76(56)100)93-89-47-29-34-61(81)65(85)39-47)50(25-21-17-13-9-4)55-41-54(74(98)69(75(55)99)92-88-46-28-33-60(80)64(84)38-46)48(23-19-15-11-7-2)51-30-35-66(94)67(71(51)95)90-86-44-26-31-58(78)62(82)36-44/h26-43,48-50,94-101H,6-25H2,1-5H3. The van der Waals surface area contributed by atoms with Crippen molar-refractivity contribution in [2.75, 3.05) is 0 Å². The summed E-state index contributed by atoms with van der Waals surface area (Å²) in [6, 6.07) is 26.3. The van der Waals surface area contributed by atoms with E-state index in [-0.39, 0.29) is 144 Å². The zero-order chi connectivity index (χ0) is 73.0. The lowest BCUT2D eigenvalue weighted by atomic mass is 9.77. The van der Waals surface area contributed by atoms with Crippen LogP contribution in [0.2, 0.25) is 40.2 Å². The lowest BCUT2D eigenvalue weighted by molar-refractivity contribution is 0.424. The molecule has 8 rings (SSSR count). The quantitative estimate of drug-likeness (QED) is 0.0140. The second-order valence-electron chi connectivity index (χ2n) is 25.3. The fourth-order valence-corrected chi connectivity index (χ4v) is 13.6. The topological polar surface area (TPSA) is 261 Å². The van der Waals surface area contributed by atoms with Crippen LogP contribution in [0, 0.1) is 0 Å². The maximum atomic E-state index is 13.3. The Labute approximate surface area is 630 Å². The molecule has 0 aliphatic heterocycles. The number of nitrogens with zero attached hydrogens (tertiary/aromatic N) is 8. The van der Waals surface area contributed by atoms with Gasteiger partial charge < -0.3 is 40.9 Å². The van der Waals surface area contributed by atoms with Crippen molar-refractivity contribution in [2.45, 2.75) is 187 Å². The summed E-state index contributed by atoms with van der Waals surface area (Å²) in [6.45, 7) is 10.4. The van der Waals surface area contributed by atoms with Crippen LogP contribution in [0.25, 0.3) is 0 Å². The van der Waals surface area contributed by atoms with Crippen LogP contribution in [-0.2, 0) is 0 Å². The summed E-state index contributed by atoms with van der Waals surface area (Å²) in [5.74, 6) is -6.95. The van der Waals surface area contributed by atoms with Crippen molar-refractivity contribution in [3.05, 3.63) is 182 Å². The molecule has 8 N–H and O–H groups in total. The Kier molecular flexibility index (Phi) is 30.3. The largest absolute Gasteiger partial charge is 0.505 e. The SMILES string of the molecule is CCCCCCC(C)c1cc(C(CCCCCC)c2cc(C(CCCCCC)c3cc(C(CCCCCC)c4ccc(O)c(N=Nc5ccc(Cl)c(Cl)c5)c4O)c(O)c(N=Nc4ccc(Cl)c(Cl)c4)c3O)c(O)c(N=Nc3ccc(Cl)c(Cl)c3)c2O)c(O)c(N=Nc2ccc(Cl)c(Cl)c2)c1O. The van der Waals surface area contributed by atoms with Crippen molar-refractivity contribution in [1.82, 2.24) is 0 Å². The van der Waals surface area contributed by atoms with E-state index >= 15 is 0 Å². The summed E-state index contributed by atoms with van der Waals surface area (Å²) >= 11 is 51.1. The molecule has 0 saturated carbocycles. The van der Waals surface area contributed by atoms with E-state index < -0.39 is 63.7 Å². The van der Waals surface area contributed by atoms with Gasteiger partial charge in [-0.25, -0.2) is 0 Å². The molecule has 0 aliphatic rings. The van der Waals surface area contributed by atoms with E-state index in [0.717, 1.165) is 77.0 Å². The molecular formula is C77H84Cl8N8O8. The third-order valence-corrected chi connectivity index (χ3v) is 21.0. The fourth-order valence-electron chi connectivity index (χ4n) is 12.4. The maximum Gasteiger partial charge on any atom is 0.169 e. The van der Waals surface area contributed by atoms with Crippen LogP contribution in [0.1, 0.15) is 226 Å². The molecule has 0 saturated heterocycles. The van der Waals surface area contributed by atoms with E-state index in [1.165, 1.54) is 54.6 Å². The first kappa shape index (κ1) is 79.6. The van der Waals surface area contributed by atoms with Crippen molar-refractivity contribution in [3.63, 3.8) is 0 Å². The molecule has 0 fully saturated rings. The molecule has 0 aliphatic carbocycles. The van der Waals surface area contributed by atoms with Gasteiger partial charge in [0.15, 0.2) is 57.2 Å². The average molecular weight is 1530 g/mol. The molecule has 0 bridgehead atoms. The first-order valence-corrected chi connectivity index (χ1v) is 37.3. The van der Waals surface area contributed by atoms with Gasteiger partial charge in [0.1, 0.15) is 11.5 Å². The molecular weight excluding hydrogens is 1450 g/mol. The van der Waals surface area contributed by atoms with Gasteiger partial charge in [-0.05, 0) is 134 Å². The van der Waals surface area contributed by atoms with Gasteiger partial charge in [0.2, 0.25) is 0 Å². The molecule has 8 aromatic rings. The van der Waals surface area contributed by atoms with Gasteiger partial charge in [-0.1, -0.05) is 236 Å². The second kappa shape index (κ2) is 38.4. The Morgan fingerprint density at radius 1 is 0.257 bits per heavy atom. The van der Waals surface area contributed by atoms with Crippen molar-refractivity contribution >= 4 is 138 Å². The maximum absolute atomic E-state index is 13.3. The average Bonchev–Trinajstić information content (AvgIpc) is 0.751. The molecule has 101 heavy (non-hydrogen) atoms. The van der Waals surface area contributed by atoms with Crippen LogP contribution in [0.15, 0.2) is 144 Å². The highest BCUT2D eigenvalue weighted by Gasteiger charge is 2.36. The predicted molar refractivity (Wildman–Crippen MR) is 411 cm³/mol. The zero-order valence-corrected chi connectivity index (χ0v) is 63.0. The summed E-state index contributed by atoms with van der Waals surface area (Å²) < 4.78 is 0. The zero-order valence-electron chi connectivity index (χ0n) is 56.9. The van der Waals surface area contributed by atoms with E-state index in [9.17, 15) is 40.9 Å². The number of phenols is 8. The number of azo groups is 4. The number of rotatable bonds is 35. The van der Waals surface area contributed by atoms with E-state index in [2.05, 4.69) is 68.6 Å². The number of hydrogen-bond acceptors (Lipinski definition) is 16. The Hall–Kier alpha value is -7.12. The Balaban J connectivity index is 1.48. The number of hydrogen-bond donors (Lipinski definition) is 8. The summed E-state index contributed by atoms with van der Waals surface area (Å²) in [5, 5.41) is 140. The number of phenolic OH excluding ortho intramolecular Hbond substituents is 8. The highest BCUT2D eigenvalue weighted by molar-refractivity contribution is 6.43. The molecule has 0 heterocycles. The van der Waals surface area contributed by atoms with E-state index in [4.69, 9.17) is 92.8 Å². The molecule has 536 valence electrons. The Bertz CT molecular complexity index is 4330. The highest BCUT2D eigenvalue weighted by Crippen LogP contribution is 2.58. The number of benzene rings is 8. The van der Waals surface area contributed by atoms with Gasteiger partial charge in [0, 0.05) is 51.1 Å². The van der Waals surface area contributed by atoms with Crippen molar-refractivity contribution < 1.29 is 40.9 Å². The van der Waals surface area contributed by atoms with Gasteiger partial charge in [0.25, 0.3) is 0 Å². The van der Waals surface area contributed by atoms with Crippen LogP contribution in [-0.4, -0.2) is 40.9 Å². The summed E-state index contributed by atoms with van der Waals surface area (Å²) in [5.41, 5.74) is 1.22. The summed E-state index contributed by atoms with van der Waals surface area (Å²) in [7, 11) is 0. The molecule has 8 aromatic carbocycles. The molecule has 0 amide bonds. The molecule has 16 nitrogen and oxygen atoms in total. The monoisotopic (exact) mass is 1530 g/mol. The minimum absolute atomic E-state index is 0.129. The normalized spacial score (nSPS) is 13.2. The Morgan fingerprint density at radius 2 is 0.515 bits per heavy atom. The first-order valence-electron chi connectivity index (χ1n) is 34.3. The third kappa shape index (κ3) is 20.4. The van der Waals surface area contributed by atoms with Crippen molar-refractivity contribution in [1.29, 1.82) is 0 Å². The Morgan fingerprint density at radius 3 is 0.812 bits per heavy atom. The third-order valence-electron chi connectivity index (χ3n) is 18.1.